The molecule has 300 valence electrons. The van der Waals surface area contributed by atoms with Crippen LogP contribution in [0.15, 0.2) is 103 Å². The SMILES string of the molecule is CC(=O)O[C@@H]1[C@H](C)O[C@@H](ONC(=O)/C=C/c2ccc(CN(CCc3c(C)[nH]c4ccccc34)C(=O)OCC3c4ccccc4-c4ccccc43)cc2)C[C@@H]1OC(C)=O. The number of carbonyl (C=O) groups is 4. The van der Waals surface area contributed by atoms with E-state index in [1.165, 1.54) is 31.1 Å². The number of H-pyrrole nitrogens is 1. The van der Waals surface area contributed by atoms with Gasteiger partial charge < -0.3 is 28.8 Å². The van der Waals surface area contributed by atoms with Crippen molar-refractivity contribution in [1.29, 1.82) is 0 Å². The predicted octanol–water partition coefficient (Wildman–Crippen LogP) is 7.53. The summed E-state index contributed by atoms with van der Waals surface area (Å²) < 4.78 is 22.5. The zero-order chi connectivity index (χ0) is 40.8. The number of nitrogens with one attached hydrogen (secondary N) is 2. The second-order valence-corrected chi connectivity index (χ2v) is 14.6. The van der Waals surface area contributed by atoms with Crippen molar-refractivity contribution in [2.75, 3.05) is 13.2 Å². The Hall–Kier alpha value is -6.24. The highest BCUT2D eigenvalue weighted by molar-refractivity contribution is 5.91. The average Bonchev–Trinajstić information content (AvgIpc) is 3.71. The van der Waals surface area contributed by atoms with Crippen LogP contribution in [0.1, 0.15) is 66.6 Å². The van der Waals surface area contributed by atoms with E-state index in [4.69, 9.17) is 23.8 Å². The van der Waals surface area contributed by atoms with Gasteiger partial charge in [0.05, 0.1) is 6.10 Å². The van der Waals surface area contributed by atoms with Gasteiger partial charge in [-0.3, -0.25) is 14.4 Å². The molecule has 0 radical (unpaired) electrons. The number of amides is 2. The van der Waals surface area contributed by atoms with Crippen molar-refractivity contribution >= 4 is 40.9 Å². The molecule has 12 heteroatoms. The van der Waals surface area contributed by atoms with Gasteiger partial charge in [0.25, 0.3) is 5.91 Å². The van der Waals surface area contributed by atoms with E-state index in [1.807, 2.05) is 60.7 Å². The van der Waals surface area contributed by atoms with Crippen molar-refractivity contribution in [1.82, 2.24) is 15.4 Å². The molecule has 0 bridgehead atoms. The number of nitrogens with zero attached hydrogens (tertiary/aromatic N) is 1. The molecule has 4 atom stereocenters. The highest BCUT2D eigenvalue weighted by Gasteiger charge is 2.41. The molecule has 58 heavy (non-hydrogen) atoms. The number of carbonyl (C=O) groups excluding carboxylic acids is 4. The van der Waals surface area contributed by atoms with Crippen LogP contribution in [0, 0.1) is 6.92 Å². The maximum atomic E-state index is 14.0. The second kappa shape index (κ2) is 17.9. The molecule has 1 saturated heterocycles. The van der Waals surface area contributed by atoms with Crippen molar-refractivity contribution in [2.24, 2.45) is 0 Å². The molecule has 0 unspecified atom stereocenters. The molecule has 1 aliphatic carbocycles. The summed E-state index contributed by atoms with van der Waals surface area (Å²) in [6, 6.07) is 32.3. The molecule has 7 rings (SSSR count). The Balaban J connectivity index is 0.990. The number of aromatic amines is 1. The number of hydroxylamine groups is 1. The van der Waals surface area contributed by atoms with E-state index in [-0.39, 0.29) is 18.9 Å². The van der Waals surface area contributed by atoms with E-state index >= 15 is 0 Å². The molecule has 12 nitrogen and oxygen atoms in total. The van der Waals surface area contributed by atoms with Crippen molar-refractivity contribution < 1.29 is 43.0 Å². The van der Waals surface area contributed by atoms with Crippen LogP contribution in [0.25, 0.3) is 28.1 Å². The first-order valence-electron chi connectivity index (χ1n) is 19.4. The lowest BCUT2D eigenvalue weighted by atomic mass is 9.98. The summed E-state index contributed by atoms with van der Waals surface area (Å²) in [5.41, 5.74) is 11.9. The Kier molecular flexibility index (Phi) is 12.3. The van der Waals surface area contributed by atoms with Gasteiger partial charge in [0.2, 0.25) is 0 Å². The monoisotopic (exact) mass is 785 g/mol. The molecule has 2 amide bonds. The largest absolute Gasteiger partial charge is 0.458 e. The Morgan fingerprint density at radius 3 is 2.21 bits per heavy atom. The fourth-order valence-electron chi connectivity index (χ4n) is 7.87. The Morgan fingerprint density at radius 1 is 0.862 bits per heavy atom. The van der Waals surface area contributed by atoms with E-state index in [2.05, 4.69) is 53.8 Å². The first-order chi connectivity index (χ1) is 28.0. The molecule has 4 aromatic carbocycles. The number of para-hydroxylation sites is 1. The van der Waals surface area contributed by atoms with Crippen molar-refractivity contribution in [3.8, 4) is 11.1 Å². The minimum absolute atomic E-state index is 0.0434. The maximum Gasteiger partial charge on any atom is 0.410 e. The van der Waals surface area contributed by atoms with Crippen LogP contribution < -0.4 is 5.48 Å². The zero-order valence-electron chi connectivity index (χ0n) is 32.9. The van der Waals surface area contributed by atoms with E-state index in [9.17, 15) is 19.2 Å². The number of hydrogen-bond donors (Lipinski definition) is 2. The number of ether oxygens (including phenoxy) is 4. The fraction of sp³-hybridized carbons (Fsp3) is 0.304. The number of aromatic nitrogens is 1. The number of rotatable bonds is 13. The number of aryl methyl sites for hydroxylation is 1. The number of fused-ring (bicyclic) bond motifs is 4. The quantitative estimate of drug-likeness (QED) is 0.0536. The van der Waals surface area contributed by atoms with Crippen LogP contribution in [0.4, 0.5) is 4.79 Å². The molecular formula is C46H47N3O9. The van der Waals surface area contributed by atoms with Crippen molar-refractivity contribution in [2.45, 2.75) is 77.6 Å². The lowest BCUT2D eigenvalue weighted by Crippen LogP contribution is -2.52. The molecule has 1 fully saturated rings. The standard InChI is InChI=1S/C46H47N3O9/c1-28-34(39-15-9-10-16-41(39)47-28)23-24-49(46(53)54-27-40-37-13-7-5-11-35(37)36-12-6-8-14-38(36)40)26-33-19-17-32(18-20-33)21-22-43(52)48-58-44-25-42(56-30(3)50)45(29(2)55-44)57-31(4)51/h5-22,29,40,42,44-45,47H,23-27H2,1-4H3,(H,48,52)/b22-21+/t29-,42-,44-,45+/m0/s1. The number of hydrogen-bond acceptors (Lipinski definition) is 9. The summed E-state index contributed by atoms with van der Waals surface area (Å²) in [7, 11) is 0. The van der Waals surface area contributed by atoms with E-state index in [0.29, 0.717) is 19.5 Å². The summed E-state index contributed by atoms with van der Waals surface area (Å²) >= 11 is 0. The first kappa shape index (κ1) is 40.0. The Morgan fingerprint density at radius 2 is 1.52 bits per heavy atom. The summed E-state index contributed by atoms with van der Waals surface area (Å²) in [5.74, 6) is -1.68. The molecule has 1 aliphatic heterocycles. The first-order valence-corrected chi connectivity index (χ1v) is 19.4. The Labute approximate surface area is 337 Å². The van der Waals surface area contributed by atoms with Crippen LogP contribution in [0.2, 0.25) is 0 Å². The molecule has 2 heterocycles. The molecule has 5 aromatic rings. The lowest BCUT2D eigenvalue weighted by molar-refractivity contribution is -0.268. The third kappa shape index (κ3) is 9.30. The zero-order valence-corrected chi connectivity index (χ0v) is 32.9. The molecule has 1 aromatic heterocycles. The molecule has 2 aliphatic rings. The second-order valence-electron chi connectivity index (χ2n) is 14.6. The Bertz CT molecular complexity index is 2270. The lowest BCUT2D eigenvalue weighted by Gasteiger charge is -2.38. The molecule has 0 saturated carbocycles. The van der Waals surface area contributed by atoms with E-state index in [0.717, 1.165) is 44.4 Å². The molecular weight excluding hydrogens is 739 g/mol. The third-order valence-corrected chi connectivity index (χ3v) is 10.6. The van der Waals surface area contributed by atoms with Crippen LogP contribution >= 0.6 is 0 Å². The van der Waals surface area contributed by atoms with Gasteiger partial charge in [-0.2, -0.15) is 0 Å². The third-order valence-electron chi connectivity index (χ3n) is 10.6. The van der Waals surface area contributed by atoms with E-state index in [1.54, 1.807) is 17.9 Å². The fourth-order valence-corrected chi connectivity index (χ4v) is 7.87. The van der Waals surface area contributed by atoms with Crippen LogP contribution in [0.5, 0.6) is 0 Å². The molecule has 2 N–H and O–H groups in total. The average molecular weight is 786 g/mol. The highest BCUT2D eigenvalue weighted by atomic mass is 16.8. The van der Waals surface area contributed by atoms with Crippen LogP contribution in [-0.2, 0) is 51.1 Å². The smallest absolute Gasteiger partial charge is 0.410 e. The van der Waals surface area contributed by atoms with Crippen LogP contribution in [-0.4, -0.2) is 71.6 Å². The summed E-state index contributed by atoms with van der Waals surface area (Å²) in [6.45, 7) is 7.22. The van der Waals surface area contributed by atoms with Crippen molar-refractivity contribution in [3.63, 3.8) is 0 Å². The van der Waals surface area contributed by atoms with Crippen molar-refractivity contribution in [3.05, 3.63) is 137 Å². The van der Waals surface area contributed by atoms with Gasteiger partial charge in [0.1, 0.15) is 12.7 Å². The van der Waals surface area contributed by atoms with E-state index < -0.39 is 48.5 Å². The maximum absolute atomic E-state index is 14.0. The predicted molar refractivity (Wildman–Crippen MR) is 217 cm³/mol. The topological polar surface area (TPSA) is 145 Å². The normalized spacial score (nSPS) is 18.7. The van der Waals surface area contributed by atoms with Gasteiger partial charge in [-0.05, 0) is 71.4 Å². The van der Waals surface area contributed by atoms with Gasteiger partial charge in [-0.25, -0.2) is 15.1 Å². The highest BCUT2D eigenvalue weighted by Crippen LogP contribution is 2.44. The minimum Gasteiger partial charge on any atom is -0.458 e. The van der Waals surface area contributed by atoms with Crippen LogP contribution in [0.3, 0.4) is 0 Å². The summed E-state index contributed by atoms with van der Waals surface area (Å²) in [6.07, 6.45) is 0.0262. The number of benzene rings is 4. The van der Waals surface area contributed by atoms with Gasteiger partial charge >= 0.3 is 18.0 Å². The van der Waals surface area contributed by atoms with Gasteiger partial charge in [0, 0.05) is 61.9 Å². The summed E-state index contributed by atoms with van der Waals surface area (Å²) in [5, 5.41) is 1.14. The summed E-state index contributed by atoms with van der Waals surface area (Å²) in [4.78, 5) is 60.6. The number of esters is 2. The van der Waals surface area contributed by atoms with Gasteiger partial charge in [-0.15, -0.1) is 0 Å². The van der Waals surface area contributed by atoms with Gasteiger partial charge in [-0.1, -0.05) is 91.0 Å². The molecule has 0 spiro atoms. The minimum atomic E-state index is -0.943. The van der Waals surface area contributed by atoms with Gasteiger partial charge in [0.15, 0.2) is 12.4 Å².